The van der Waals surface area contributed by atoms with E-state index in [1.54, 1.807) is 67.7 Å². The third-order valence-corrected chi connectivity index (χ3v) is 16.6. The molecular formula is C64H117N11O12. The Labute approximate surface area is 522 Å². The van der Waals surface area contributed by atoms with Gasteiger partial charge < -0.3 is 61.1 Å². The molecule has 0 aromatic heterocycles. The molecule has 23 nitrogen and oxygen atoms in total. The Kier molecular flexibility index (Phi) is 33.8. The van der Waals surface area contributed by atoms with Crippen molar-refractivity contribution in [2.45, 2.75) is 231 Å². The van der Waals surface area contributed by atoms with Crippen molar-refractivity contribution in [2.75, 3.05) is 55.9 Å². The first-order valence-corrected chi connectivity index (χ1v) is 31.2. The molecule has 11 amide bonds. The van der Waals surface area contributed by atoms with Gasteiger partial charge in [0.25, 0.3) is 0 Å². The monoisotopic (exact) mass is 1230 g/mol. The van der Waals surface area contributed by atoms with E-state index in [1.807, 2.05) is 76.2 Å². The Hall–Kier alpha value is -6.13. The molecule has 0 aliphatic heterocycles. The summed E-state index contributed by atoms with van der Waals surface area (Å²) in [6, 6.07) is -10.5. The van der Waals surface area contributed by atoms with E-state index in [2.05, 4.69) is 16.0 Å². The van der Waals surface area contributed by atoms with Gasteiger partial charge >= 0.3 is 0 Å². The molecule has 0 aliphatic rings. The standard InChI is InChI=1S/C64H117N11O12/c1-27-29-30-41(13)53(77)52(57(81)67-45(28-2)60(84)69(20)35-50(76)71(22)47(54(65)78)32-37(5)6)75(26)63(87)51(40(11)12)74(25)62(86)49(34-39(9)10)73(24)61(85)48(33-38(7)8)72(23)59(83)43(15)66-56(80)46(31-36(3)4)68-55(79)44(16)70(21)58(82)42(14)64(17,18)19/h27,29,36-49,51-53,77H,28,30-35H2,1-26H3,(H2,65,78)(H,66,80)(H,67,81)(H,68,79)/b29-27+/t41-,42-,43+,44+,45+,46-,47+,48-,49-,51+,52?,53+/m1/s1. The highest BCUT2D eigenvalue weighted by Crippen LogP contribution is 2.28. The molecule has 12 atom stereocenters. The number of carbonyl (C=O) groups is 11. The van der Waals surface area contributed by atoms with E-state index in [0.717, 1.165) is 9.80 Å². The highest BCUT2D eigenvalue weighted by Gasteiger charge is 2.45. The summed E-state index contributed by atoms with van der Waals surface area (Å²) in [7, 11) is 10.1. The fourth-order valence-electron chi connectivity index (χ4n) is 10.3. The van der Waals surface area contributed by atoms with Gasteiger partial charge in [0.1, 0.15) is 54.4 Å². The van der Waals surface area contributed by atoms with Crippen LogP contribution in [0.4, 0.5) is 0 Å². The summed E-state index contributed by atoms with van der Waals surface area (Å²) in [5, 5.41) is 20.3. The van der Waals surface area contributed by atoms with Crippen LogP contribution in [0.3, 0.4) is 0 Å². The molecule has 0 saturated carbocycles. The molecule has 87 heavy (non-hydrogen) atoms. The maximum Gasteiger partial charge on any atom is 0.246 e. The molecule has 23 heteroatoms. The summed E-state index contributed by atoms with van der Waals surface area (Å²) in [5.74, 6) is -8.62. The van der Waals surface area contributed by atoms with Gasteiger partial charge in [0.2, 0.25) is 65.0 Å². The maximum atomic E-state index is 15.2. The van der Waals surface area contributed by atoms with E-state index in [-0.39, 0.29) is 60.7 Å². The van der Waals surface area contributed by atoms with Crippen LogP contribution in [0.1, 0.15) is 170 Å². The number of amides is 11. The van der Waals surface area contributed by atoms with Crippen LogP contribution in [0.15, 0.2) is 12.2 Å². The summed E-state index contributed by atoms with van der Waals surface area (Å²) >= 11 is 0. The molecule has 0 saturated heterocycles. The highest BCUT2D eigenvalue weighted by molar-refractivity contribution is 5.99. The zero-order chi connectivity index (χ0) is 68.2. The lowest BCUT2D eigenvalue weighted by Gasteiger charge is -2.41. The number of allylic oxidation sites excluding steroid dienone is 2. The Morgan fingerprint density at radius 1 is 0.494 bits per heavy atom. The molecule has 6 N–H and O–H groups in total. The molecule has 0 spiro atoms. The number of aliphatic hydroxyl groups is 1. The van der Waals surface area contributed by atoms with Crippen LogP contribution in [0.25, 0.3) is 0 Å². The van der Waals surface area contributed by atoms with E-state index in [0.29, 0.717) is 12.8 Å². The van der Waals surface area contributed by atoms with E-state index < -0.39 is 144 Å². The lowest BCUT2D eigenvalue weighted by atomic mass is 9.81. The fraction of sp³-hybridized carbons (Fsp3) is 0.797. The number of nitrogens with two attached hydrogens (primary N) is 1. The number of hydrogen-bond acceptors (Lipinski definition) is 12. The number of nitrogens with one attached hydrogen (secondary N) is 3. The van der Waals surface area contributed by atoms with Gasteiger partial charge in [-0.25, -0.2) is 0 Å². The largest absolute Gasteiger partial charge is 0.390 e. The summed E-state index contributed by atoms with van der Waals surface area (Å²) < 4.78 is 0. The average Bonchev–Trinajstić information content (AvgIpc) is 1.89. The summed E-state index contributed by atoms with van der Waals surface area (Å²) in [5.41, 5.74) is 5.27. The van der Waals surface area contributed by atoms with Crippen molar-refractivity contribution in [1.29, 1.82) is 0 Å². The van der Waals surface area contributed by atoms with Crippen LogP contribution in [-0.2, 0) is 52.7 Å². The van der Waals surface area contributed by atoms with Crippen LogP contribution < -0.4 is 21.7 Å². The second-order valence-electron chi connectivity index (χ2n) is 27.3. The van der Waals surface area contributed by atoms with Gasteiger partial charge in [0.15, 0.2) is 0 Å². The number of rotatable bonds is 35. The molecular weight excluding hydrogens is 1110 g/mol. The van der Waals surface area contributed by atoms with Crippen molar-refractivity contribution in [2.24, 2.45) is 52.6 Å². The summed E-state index contributed by atoms with van der Waals surface area (Å²) in [6.45, 7) is 33.9. The third-order valence-electron chi connectivity index (χ3n) is 16.6. The molecule has 0 radical (unpaired) electrons. The van der Waals surface area contributed by atoms with Crippen LogP contribution in [-0.4, -0.2) is 221 Å². The zero-order valence-electron chi connectivity index (χ0n) is 58.1. The van der Waals surface area contributed by atoms with Crippen LogP contribution in [0.2, 0.25) is 0 Å². The lowest BCUT2D eigenvalue weighted by molar-refractivity contribution is -0.157. The minimum absolute atomic E-state index is 0.0362. The van der Waals surface area contributed by atoms with Crippen LogP contribution in [0, 0.1) is 46.8 Å². The van der Waals surface area contributed by atoms with Crippen molar-refractivity contribution in [1.82, 2.24) is 50.2 Å². The van der Waals surface area contributed by atoms with Crippen molar-refractivity contribution < 1.29 is 57.8 Å². The Morgan fingerprint density at radius 3 is 1.36 bits per heavy atom. The minimum atomic E-state index is -1.60. The minimum Gasteiger partial charge on any atom is -0.390 e. The molecule has 0 aromatic carbocycles. The van der Waals surface area contributed by atoms with Crippen LogP contribution >= 0.6 is 0 Å². The van der Waals surface area contributed by atoms with Crippen molar-refractivity contribution in [3.05, 3.63) is 12.2 Å². The van der Waals surface area contributed by atoms with Crippen molar-refractivity contribution in [3.8, 4) is 0 Å². The number of aliphatic hydroxyl groups excluding tert-OH is 1. The van der Waals surface area contributed by atoms with Crippen molar-refractivity contribution in [3.63, 3.8) is 0 Å². The van der Waals surface area contributed by atoms with E-state index in [1.165, 1.54) is 73.7 Å². The summed E-state index contributed by atoms with van der Waals surface area (Å²) in [4.78, 5) is 164. The van der Waals surface area contributed by atoms with Crippen LogP contribution in [0.5, 0.6) is 0 Å². The first-order valence-electron chi connectivity index (χ1n) is 31.2. The second kappa shape index (κ2) is 36.4. The molecule has 0 heterocycles. The zero-order valence-corrected chi connectivity index (χ0v) is 58.1. The smallest absolute Gasteiger partial charge is 0.246 e. The maximum absolute atomic E-state index is 15.2. The first-order chi connectivity index (χ1) is 39.8. The normalized spacial score (nSPS) is 16.1. The van der Waals surface area contributed by atoms with Gasteiger partial charge in [-0.05, 0) is 100 Å². The van der Waals surface area contributed by atoms with Gasteiger partial charge in [0.05, 0.1) is 12.6 Å². The molecule has 0 fully saturated rings. The van der Waals surface area contributed by atoms with E-state index in [9.17, 15) is 43.5 Å². The molecule has 0 bridgehead atoms. The number of nitrogens with zero attached hydrogens (tertiary/aromatic N) is 7. The van der Waals surface area contributed by atoms with Crippen molar-refractivity contribution >= 4 is 65.0 Å². The third kappa shape index (κ3) is 24.1. The Balaban J connectivity index is 7.14. The predicted octanol–water partition coefficient (Wildman–Crippen LogP) is 4.28. The molecule has 500 valence electrons. The fourth-order valence-corrected chi connectivity index (χ4v) is 10.3. The molecule has 0 aromatic rings. The first kappa shape index (κ1) is 80.9. The highest BCUT2D eigenvalue weighted by atomic mass is 16.3. The predicted molar refractivity (Wildman–Crippen MR) is 339 cm³/mol. The Bertz CT molecular complexity index is 2350. The quantitative estimate of drug-likeness (QED) is 0.0556. The molecule has 1 unspecified atom stereocenters. The van der Waals surface area contributed by atoms with E-state index in [4.69, 9.17) is 5.73 Å². The van der Waals surface area contributed by atoms with Gasteiger partial charge in [-0.3, -0.25) is 52.7 Å². The number of likely N-dealkylation sites (N-methyl/N-ethyl adjacent to an activating group) is 7. The summed E-state index contributed by atoms with van der Waals surface area (Å²) in [6.07, 6.45) is 3.29. The molecule has 0 rings (SSSR count). The van der Waals surface area contributed by atoms with Gasteiger partial charge in [-0.2, -0.15) is 0 Å². The Morgan fingerprint density at radius 2 is 0.931 bits per heavy atom. The second-order valence-corrected chi connectivity index (χ2v) is 27.3. The SMILES string of the molecule is C/C=C/C[C@@H](C)[C@H](O)C(C(=O)N[C@@H](CC)C(=O)N(C)CC(=O)N(C)[C@@H](CC(C)C)C(N)=O)N(C)C(=O)[C@H](C(C)C)N(C)C(=O)[C@@H](CC(C)C)N(C)C(=O)[C@@H](CC(C)C)N(C)C(=O)[C@H](C)NC(=O)[C@@H](CC(C)C)NC(=O)[C@H](C)N(C)C(=O)[C@@H](C)C(C)(C)C. The number of carbonyl (C=O) groups excluding carboxylic acids is 11. The van der Waals surface area contributed by atoms with Gasteiger partial charge in [0, 0.05) is 55.3 Å². The lowest BCUT2D eigenvalue weighted by Crippen LogP contribution is -2.63. The molecule has 0 aliphatic carbocycles. The average molecular weight is 1230 g/mol. The van der Waals surface area contributed by atoms with Gasteiger partial charge in [-0.1, -0.05) is 123 Å². The number of primary amides is 1. The van der Waals surface area contributed by atoms with E-state index >= 15 is 14.4 Å². The number of hydrogen-bond donors (Lipinski definition) is 5. The van der Waals surface area contributed by atoms with Gasteiger partial charge in [-0.15, -0.1) is 0 Å². The topological polar surface area (TPSA) is 293 Å².